The van der Waals surface area contributed by atoms with Crippen LogP contribution in [0.5, 0.6) is 0 Å². The molecule has 0 aromatic heterocycles. The van der Waals surface area contributed by atoms with Crippen molar-refractivity contribution in [3.05, 3.63) is 71.8 Å². The van der Waals surface area contributed by atoms with Crippen molar-refractivity contribution < 1.29 is 24.2 Å². The van der Waals surface area contributed by atoms with E-state index in [1.807, 2.05) is 38.1 Å². The van der Waals surface area contributed by atoms with Crippen LogP contribution in [0.25, 0.3) is 11.1 Å². The highest BCUT2D eigenvalue weighted by atomic mass is 16.5. The van der Waals surface area contributed by atoms with Gasteiger partial charge in [0.05, 0.1) is 5.92 Å². The van der Waals surface area contributed by atoms with E-state index in [2.05, 4.69) is 34.9 Å². The van der Waals surface area contributed by atoms with E-state index in [0.717, 1.165) is 22.3 Å². The number of nitrogens with one attached hydrogen (secondary N) is 2. The average Bonchev–Trinajstić information content (AvgIpc) is 3.40. The second-order valence-corrected chi connectivity index (χ2v) is 9.26. The number of hydrogen-bond donors (Lipinski definition) is 3. The molecule has 0 spiro atoms. The molecule has 0 saturated carbocycles. The Morgan fingerprint density at radius 3 is 2.18 bits per heavy atom. The maximum absolute atomic E-state index is 12.6. The molecule has 34 heavy (non-hydrogen) atoms. The molecule has 7 heteroatoms. The van der Waals surface area contributed by atoms with Crippen molar-refractivity contribution >= 4 is 18.0 Å². The van der Waals surface area contributed by atoms with Crippen molar-refractivity contribution in [2.24, 2.45) is 11.8 Å². The molecule has 2 aliphatic carbocycles. The van der Waals surface area contributed by atoms with E-state index in [9.17, 15) is 14.4 Å². The molecule has 2 amide bonds. The van der Waals surface area contributed by atoms with E-state index < -0.39 is 24.0 Å². The molecule has 0 radical (unpaired) electrons. The molecule has 0 bridgehead atoms. The standard InChI is InChI=1S/C27H30N2O5/c1-16(2)24(14-25(30)28-18-12-11-17(13-18)26(31)32)29-27(33)34-15-23-21-9-5-3-7-19(21)20-8-4-6-10-22(20)23/h3-12,16-18,23-24H,13-15H2,1-2H3,(H,28,30)(H,29,33)(H,31,32). The highest BCUT2D eigenvalue weighted by Crippen LogP contribution is 2.44. The summed E-state index contributed by atoms with van der Waals surface area (Å²) >= 11 is 0. The Morgan fingerprint density at radius 1 is 1.00 bits per heavy atom. The van der Waals surface area contributed by atoms with Crippen LogP contribution in [-0.4, -0.2) is 41.8 Å². The minimum atomic E-state index is -0.898. The molecular weight excluding hydrogens is 432 g/mol. The number of alkyl carbamates (subject to hydrolysis) is 1. The van der Waals surface area contributed by atoms with E-state index in [0.29, 0.717) is 6.42 Å². The first-order valence-corrected chi connectivity index (χ1v) is 11.7. The number of fused-ring (bicyclic) bond motifs is 3. The number of amides is 2. The number of carboxylic acid groups (broad SMARTS) is 1. The predicted molar refractivity (Wildman–Crippen MR) is 128 cm³/mol. The van der Waals surface area contributed by atoms with E-state index >= 15 is 0 Å². The Hall–Kier alpha value is -3.61. The quantitative estimate of drug-likeness (QED) is 0.513. The fourth-order valence-corrected chi connectivity index (χ4v) is 4.70. The van der Waals surface area contributed by atoms with Crippen LogP contribution in [0.3, 0.4) is 0 Å². The molecule has 4 rings (SSSR count). The van der Waals surface area contributed by atoms with Gasteiger partial charge >= 0.3 is 12.1 Å². The number of carbonyl (C=O) groups is 3. The summed E-state index contributed by atoms with van der Waals surface area (Å²) < 4.78 is 5.62. The molecule has 2 aromatic carbocycles. The molecule has 0 fully saturated rings. The summed E-state index contributed by atoms with van der Waals surface area (Å²) in [5, 5.41) is 14.8. The minimum Gasteiger partial charge on any atom is -0.481 e. The third kappa shape index (κ3) is 5.14. The number of benzene rings is 2. The Morgan fingerprint density at radius 2 is 1.62 bits per heavy atom. The number of rotatable bonds is 8. The molecule has 3 unspecified atom stereocenters. The van der Waals surface area contributed by atoms with Crippen molar-refractivity contribution in [3.63, 3.8) is 0 Å². The Balaban J connectivity index is 1.32. The second-order valence-electron chi connectivity index (χ2n) is 9.26. The van der Waals surface area contributed by atoms with Crippen LogP contribution in [0, 0.1) is 11.8 Å². The first-order chi connectivity index (χ1) is 16.3. The van der Waals surface area contributed by atoms with Crippen molar-refractivity contribution in [1.82, 2.24) is 10.6 Å². The predicted octanol–water partition coefficient (Wildman–Crippen LogP) is 4.09. The fourth-order valence-electron chi connectivity index (χ4n) is 4.70. The number of carboxylic acids is 1. The van der Waals surface area contributed by atoms with E-state index in [1.165, 1.54) is 0 Å². The Kier molecular flexibility index (Phi) is 7.01. The van der Waals surface area contributed by atoms with Gasteiger partial charge in [-0.25, -0.2) is 4.79 Å². The molecule has 3 N–H and O–H groups in total. The summed E-state index contributed by atoms with van der Waals surface area (Å²) in [6.45, 7) is 4.07. The average molecular weight is 463 g/mol. The highest BCUT2D eigenvalue weighted by molar-refractivity contribution is 5.80. The van der Waals surface area contributed by atoms with E-state index in [4.69, 9.17) is 9.84 Å². The lowest BCUT2D eigenvalue weighted by Gasteiger charge is -2.23. The zero-order valence-electron chi connectivity index (χ0n) is 19.4. The summed E-state index contributed by atoms with van der Waals surface area (Å²) in [6, 6.07) is 15.6. The molecular formula is C27H30N2O5. The lowest BCUT2D eigenvalue weighted by atomic mass is 9.98. The first kappa shape index (κ1) is 23.5. The van der Waals surface area contributed by atoms with E-state index in [-0.39, 0.29) is 36.8 Å². The minimum absolute atomic E-state index is 0.0112. The zero-order chi connectivity index (χ0) is 24.2. The van der Waals surface area contributed by atoms with Gasteiger partial charge in [0.25, 0.3) is 0 Å². The van der Waals surface area contributed by atoms with Gasteiger partial charge < -0.3 is 20.5 Å². The summed E-state index contributed by atoms with van der Waals surface area (Å²) in [7, 11) is 0. The molecule has 0 saturated heterocycles. The maximum Gasteiger partial charge on any atom is 0.407 e. The third-order valence-electron chi connectivity index (χ3n) is 6.60. The summed E-state index contributed by atoms with van der Waals surface area (Å²) in [5.41, 5.74) is 4.60. The number of hydrogen-bond acceptors (Lipinski definition) is 4. The summed E-state index contributed by atoms with van der Waals surface area (Å²) in [5.74, 6) is -1.74. The second kappa shape index (κ2) is 10.1. The maximum atomic E-state index is 12.6. The molecule has 178 valence electrons. The summed E-state index contributed by atoms with van der Waals surface area (Å²) in [4.78, 5) is 36.3. The Labute approximate surface area is 199 Å². The fraction of sp³-hybridized carbons (Fsp3) is 0.370. The van der Waals surface area contributed by atoms with Crippen LogP contribution in [0.2, 0.25) is 0 Å². The third-order valence-corrected chi connectivity index (χ3v) is 6.60. The number of aliphatic carboxylic acids is 1. The van der Waals surface area contributed by atoms with Crippen LogP contribution in [0.4, 0.5) is 4.79 Å². The summed E-state index contributed by atoms with van der Waals surface area (Å²) in [6.07, 6.45) is 3.18. The van der Waals surface area contributed by atoms with Crippen LogP contribution < -0.4 is 10.6 Å². The van der Waals surface area contributed by atoms with Gasteiger partial charge in [-0.05, 0) is 34.6 Å². The van der Waals surface area contributed by atoms with Crippen LogP contribution in [0.1, 0.15) is 43.7 Å². The van der Waals surface area contributed by atoms with Gasteiger partial charge in [0.15, 0.2) is 0 Å². The van der Waals surface area contributed by atoms with Gasteiger partial charge in [0.1, 0.15) is 6.61 Å². The van der Waals surface area contributed by atoms with Crippen LogP contribution in [0.15, 0.2) is 60.7 Å². The molecule has 2 aromatic rings. The van der Waals surface area contributed by atoms with Crippen molar-refractivity contribution in [2.75, 3.05) is 6.61 Å². The molecule has 2 aliphatic rings. The van der Waals surface area contributed by atoms with Gasteiger partial charge in [0, 0.05) is 24.4 Å². The van der Waals surface area contributed by atoms with Gasteiger partial charge in [-0.1, -0.05) is 74.5 Å². The SMILES string of the molecule is CC(C)C(CC(=O)NC1C=CC(C(=O)O)C1)NC(=O)OCC1c2ccccc2-c2ccccc21. The topological polar surface area (TPSA) is 105 Å². The van der Waals surface area contributed by atoms with E-state index in [1.54, 1.807) is 12.2 Å². The van der Waals surface area contributed by atoms with Crippen LogP contribution in [-0.2, 0) is 14.3 Å². The molecule has 3 atom stereocenters. The van der Waals surface area contributed by atoms with Gasteiger partial charge in [0.2, 0.25) is 5.91 Å². The highest BCUT2D eigenvalue weighted by Gasteiger charge is 2.30. The van der Waals surface area contributed by atoms with Gasteiger partial charge in [-0.15, -0.1) is 0 Å². The van der Waals surface area contributed by atoms with Gasteiger partial charge in [-0.2, -0.15) is 0 Å². The molecule has 0 aliphatic heterocycles. The number of carbonyl (C=O) groups excluding carboxylic acids is 2. The zero-order valence-corrected chi connectivity index (χ0v) is 19.4. The monoisotopic (exact) mass is 462 g/mol. The normalized spacial score (nSPS) is 19.4. The molecule has 0 heterocycles. The largest absolute Gasteiger partial charge is 0.481 e. The lowest BCUT2D eigenvalue weighted by molar-refractivity contribution is -0.140. The van der Waals surface area contributed by atoms with Gasteiger partial charge in [-0.3, -0.25) is 9.59 Å². The van der Waals surface area contributed by atoms with Crippen LogP contribution >= 0.6 is 0 Å². The lowest BCUT2D eigenvalue weighted by Crippen LogP contribution is -2.44. The Bertz CT molecular complexity index is 1060. The van der Waals surface area contributed by atoms with Crippen molar-refractivity contribution in [2.45, 2.75) is 44.7 Å². The molecule has 7 nitrogen and oxygen atoms in total. The number of ether oxygens (including phenoxy) is 1. The smallest absolute Gasteiger partial charge is 0.407 e. The van der Waals surface area contributed by atoms with Crippen molar-refractivity contribution in [3.8, 4) is 11.1 Å². The van der Waals surface area contributed by atoms with Crippen molar-refractivity contribution in [1.29, 1.82) is 0 Å². The first-order valence-electron chi connectivity index (χ1n) is 11.7.